The average molecular weight is 377 g/mol. The third kappa shape index (κ3) is 4.59. The molecule has 1 aromatic carbocycles. The molecular formula is C20H19N5O3. The summed E-state index contributed by atoms with van der Waals surface area (Å²) in [6, 6.07) is 12.8. The van der Waals surface area contributed by atoms with Crippen LogP contribution in [0.5, 0.6) is 0 Å². The van der Waals surface area contributed by atoms with Crippen LogP contribution in [-0.4, -0.2) is 27.0 Å². The molecule has 1 fully saturated rings. The van der Waals surface area contributed by atoms with Crippen LogP contribution in [0, 0.1) is 5.92 Å². The summed E-state index contributed by atoms with van der Waals surface area (Å²) in [5.41, 5.74) is 1.40. The van der Waals surface area contributed by atoms with E-state index in [0.29, 0.717) is 29.7 Å². The first-order chi connectivity index (χ1) is 13.7. The minimum absolute atomic E-state index is 0.00119. The Labute approximate surface area is 161 Å². The quantitative estimate of drug-likeness (QED) is 0.655. The van der Waals surface area contributed by atoms with Gasteiger partial charge < -0.3 is 15.1 Å². The molecule has 2 aromatic heterocycles. The van der Waals surface area contributed by atoms with Gasteiger partial charge in [0.2, 0.25) is 23.6 Å². The lowest BCUT2D eigenvalue weighted by Crippen LogP contribution is -2.15. The molecule has 1 aliphatic carbocycles. The summed E-state index contributed by atoms with van der Waals surface area (Å²) in [5.74, 6) is 1.26. The van der Waals surface area contributed by atoms with Gasteiger partial charge in [-0.2, -0.15) is 0 Å². The summed E-state index contributed by atoms with van der Waals surface area (Å²) in [4.78, 5) is 28.0. The van der Waals surface area contributed by atoms with Crippen LogP contribution in [0.1, 0.15) is 25.2 Å². The first-order valence-electron chi connectivity index (χ1n) is 9.12. The van der Waals surface area contributed by atoms with Gasteiger partial charge in [0.05, 0.1) is 11.9 Å². The van der Waals surface area contributed by atoms with Gasteiger partial charge in [-0.1, -0.05) is 18.2 Å². The Kier molecular flexibility index (Phi) is 5.09. The summed E-state index contributed by atoms with van der Waals surface area (Å²) >= 11 is 0. The van der Waals surface area contributed by atoms with Crippen LogP contribution < -0.4 is 10.6 Å². The molecule has 0 atom stereocenters. The van der Waals surface area contributed by atoms with E-state index >= 15 is 0 Å². The second-order valence-electron chi connectivity index (χ2n) is 6.61. The molecule has 2 N–H and O–H groups in total. The maximum Gasteiger partial charge on any atom is 0.247 e. The number of hydrogen-bond acceptors (Lipinski definition) is 6. The molecule has 4 rings (SSSR count). The fraction of sp³-hybridized carbons (Fsp3) is 0.250. The van der Waals surface area contributed by atoms with Crippen LogP contribution in [0.15, 0.2) is 53.1 Å². The number of nitrogens with one attached hydrogen (secondary N) is 2. The van der Waals surface area contributed by atoms with Crippen LogP contribution in [0.4, 0.5) is 11.5 Å². The lowest BCUT2D eigenvalue weighted by atomic mass is 10.2. The van der Waals surface area contributed by atoms with Crippen molar-refractivity contribution in [1.29, 1.82) is 0 Å². The molecule has 2 amide bonds. The molecule has 0 bridgehead atoms. The van der Waals surface area contributed by atoms with E-state index in [1.165, 1.54) is 6.20 Å². The molecule has 3 aromatic rings. The number of anilines is 2. The Morgan fingerprint density at radius 1 is 1.04 bits per heavy atom. The molecule has 0 aliphatic heterocycles. The Bertz CT molecular complexity index is 965. The molecule has 0 unspecified atom stereocenters. The molecule has 1 aliphatic rings. The number of aromatic nitrogens is 3. The van der Waals surface area contributed by atoms with Gasteiger partial charge in [0.15, 0.2) is 0 Å². The molecule has 28 heavy (non-hydrogen) atoms. The van der Waals surface area contributed by atoms with Crippen LogP contribution in [0.2, 0.25) is 0 Å². The number of aryl methyl sites for hydroxylation is 1. The maximum absolute atomic E-state index is 12.1. The fourth-order valence-corrected chi connectivity index (χ4v) is 2.61. The topological polar surface area (TPSA) is 110 Å². The molecule has 0 radical (unpaired) electrons. The van der Waals surface area contributed by atoms with Gasteiger partial charge in [-0.3, -0.25) is 9.59 Å². The molecule has 0 spiro atoms. The highest BCUT2D eigenvalue weighted by molar-refractivity contribution is 5.94. The van der Waals surface area contributed by atoms with E-state index < -0.39 is 0 Å². The number of benzene rings is 1. The van der Waals surface area contributed by atoms with Crippen LogP contribution in [-0.2, 0) is 16.0 Å². The van der Waals surface area contributed by atoms with Crippen molar-refractivity contribution in [1.82, 2.24) is 15.2 Å². The van der Waals surface area contributed by atoms with Crippen molar-refractivity contribution >= 4 is 23.3 Å². The second kappa shape index (κ2) is 7.99. The van der Waals surface area contributed by atoms with Crippen LogP contribution in [0.3, 0.4) is 0 Å². The maximum atomic E-state index is 12.1. The standard InChI is InChI=1S/C20H19N5O3/c26-17(10-11-18-24-25-20(28-18)14-4-2-1-3-5-14)22-15-8-9-16(21-12-15)23-19(27)13-6-7-13/h1-5,8-9,12-13H,6-7,10-11H2,(H,22,26)(H,21,23,27). The van der Waals surface area contributed by atoms with Crippen molar-refractivity contribution in [2.45, 2.75) is 25.7 Å². The third-order valence-electron chi connectivity index (χ3n) is 4.30. The smallest absolute Gasteiger partial charge is 0.247 e. The normalized spacial score (nSPS) is 13.1. The number of carbonyl (C=O) groups excluding carboxylic acids is 2. The zero-order chi connectivity index (χ0) is 19.3. The lowest BCUT2D eigenvalue weighted by Gasteiger charge is -2.06. The molecule has 142 valence electrons. The Hall–Kier alpha value is -3.55. The zero-order valence-electron chi connectivity index (χ0n) is 15.1. The summed E-state index contributed by atoms with van der Waals surface area (Å²) in [6.45, 7) is 0. The van der Waals surface area contributed by atoms with E-state index in [9.17, 15) is 9.59 Å². The lowest BCUT2D eigenvalue weighted by molar-refractivity contribution is -0.117. The minimum atomic E-state index is -0.184. The first kappa shape index (κ1) is 17.8. The monoisotopic (exact) mass is 377 g/mol. The molecule has 0 saturated heterocycles. The van der Waals surface area contributed by atoms with E-state index in [4.69, 9.17) is 4.42 Å². The van der Waals surface area contributed by atoms with Crippen molar-refractivity contribution in [3.63, 3.8) is 0 Å². The van der Waals surface area contributed by atoms with Gasteiger partial charge in [-0.15, -0.1) is 10.2 Å². The number of amides is 2. The fourth-order valence-electron chi connectivity index (χ4n) is 2.61. The average Bonchev–Trinajstić information content (AvgIpc) is 3.47. The predicted octanol–water partition coefficient (Wildman–Crippen LogP) is 3.05. The van der Waals surface area contributed by atoms with E-state index in [-0.39, 0.29) is 24.2 Å². The van der Waals surface area contributed by atoms with Crippen LogP contribution >= 0.6 is 0 Å². The molecule has 8 nitrogen and oxygen atoms in total. The van der Waals surface area contributed by atoms with Gasteiger partial charge in [-0.25, -0.2) is 4.98 Å². The Balaban J connectivity index is 1.26. The van der Waals surface area contributed by atoms with Crippen molar-refractivity contribution in [2.75, 3.05) is 10.6 Å². The van der Waals surface area contributed by atoms with E-state index in [2.05, 4.69) is 25.8 Å². The Morgan fingerprint density at radius 3 is 2.57 bits per heavy atom. The van der Waals surface area contributed by atoms with Gasteiger partial charge >= 0.3 is 0 Å². The number of rotatable bonds is 7. The second-order valence-corrected chi connectivity index (χ2v) is 6.61. The van der Waals surface area contributed by atoms with E-state index in [1.54, 1.807) is 12.1 Å². The molecule has 8 heteroatoms. The first-order valence-corrected chi connectivity index (χ1v) is 9.12. The van der Waals surface area contributed by atoms with Gasteiger partial charge in [0.25, 0.3) is 0 Å². The van der Waals surface area contributed by atoms with Crippen molar-refractivity contribution in [2.24, 2.45) is 5.92 Å². The Morgan fingerprint density at radius 2 is 1.86 bits per heavy atom. The molecule has 2 heterocycles. The summed E-state index contributed by atoms with van der Waals surface area (Å²) in [5, 5.41) is 13.5. The zero-order valence-corrected chi connectivity index (χ0v) is 15.1. The highest BCUT2D eigenvalue weighted by Crippen LogP contribution is 2.30. The number of nitrogens with zero attached hydrogens (tertiary/aromatic N) is 3. The summed E-state index contributed by atoms with van der Waals surface area (Å²) in [7, 11) is 0. The highest BCUT2D eigenvalue weighted by atomic mass is 16.4. The number of hydrogen-bond donors (Lipinski definition) is 2. The summed E-state index contributed by atoms with van der Waals surface area (Å²) < 4.78 is 5.59. The van der Waals surface area contributed by atoms with Gasteiger partial charge in [0, 0.05) is 24.3 Å². The van der Waals surface area contributed by atoms with E-state index in [1.807, 2.05) is 30.3 Å². The van der Waals surface area contributed by atoms with Crippen LogP contribution in [0.25, 0.3) is 11.5 Å². The minimum Gasteiger partial charge on any atom is -0.421 e. The SMILES string of the molecule is O=C(CCc1nnc(-c2ccccc2)o1)Nc1ccc(NC(=O)C2CC2)nc1. The number of carbonyl (C=O) groups is 2. The molecule has 1 saturated carbocycles. The predicted molar refractivity (Wildman–Crippen MR) is 102 cm³/mol. The van der Waals surface area contributed by atoms with Crippen molar-refractivity contribution in [3.05, 3.63) is 54.6 Å². The molecular weight excluding hydrogens is 358 g/mol. The van der Waals surface area contributed by atoms with Gasteiger partial charge in [0.1, 0.15) is 5.82 Å². The van der Waals surface area contributed by atoms with Gasteiger partial charge in [-0.05, 0) is 37.1 Å². The largest absolute Gasteiger partial charge is 0.421 e. The highest BCUT2D eigenvalue weighted by Gasteiger charge is 2.29. The summed E-state index contributed by atoms with van der Waals surface area (Å²) in [6.07, 6.45) is 3.94. The third-order valence-corrected chi connectivity index (χ3v) is 4.30. The van der Waals surface area contributed by atoms with E-state index in [0.717, 1.165) is 18.4 Å². The number of pyridine rings is 1. The van der Waals surface area contributed by atoms with Crippen molar-refractivity contribution < 1.29 is 14.0 Å². The van der Waals surface area contributed by atoms with Crippen molar-refractivity contribution in [3.8, 4) is 11.5 Å².